The van der Waals surface area contributed by atoms with Gasteiger partial charge in [-0.25, -0.2) is 0 Å². The highest BCUT2D eigenvalue weighted by atomic mass is 32.2. The summed E-state index contributed by atoms with van der Waals surface area (Å²) in [4.78, 5) is 15.4. The first-order chi connectivity index (χ1) is 9.62. The van der Waals surface area contributed by atoms with Crippen LogP contribution in [-0.2, 0) is 0 Å². The summed E-state index contributed by atoms with van der Waals surface area (Å²) in [6.45, 7) is 11.7. The van der Waals surface area contributed by atoms with Crippen molar-refractivity contribution in [2.75, 3.05) is 36.5 Å². The molecule has 112 valence electrons. The van der Waals surface area contributed by atoms with Crippen LogP contribution in [0.4, 0.5) is 11.9 Å². The number of aromatic nitrogens is 3. The largest absolute Gasteiger partial charge is 0.464 e. The molecule has 2 unspecified atom stereocenters. The van der Waals surface area contributed by atoms with Crippen molar-refractivity contribution < 1.29 is 4.74 Å². The van der Waals surface area contributed by atoms with Crippen molar-refractivity contribution in [1.29, 1.82) is 0 Å². The molecule has 2 rings (SSSR count). The van der Waals surface area contributed by atoms with Gasteiger partial charge in [0.2, 0.25) is 11.9 Å². The maximum atomic E-state index is 5.44. The lowest BCUT2D eigenvalue weighted by atomic mass is 10.3. The first-order valence-corrected chi connectivity index (χ1v) is 8.09. The molecule has 7 heteroatoms. The normalized spacial score (nSPS) is 22.7. The topological polar surface area (TPSA) is 63.2 Å². The standard InChI is InChI=1S/C13H23N5OS/c1-5-14-11-15-12(17-13(16-11)19-6-2)18-7-9(3)20-10(4)8-18/h9-10H,5-8H2,1-4H3,(H,14,15,16,17). The average molecular weight is 297 g/mol. The number of thioether (sulfide) groups is 1. The van der Waals surface area contributed by atoms with Crippen LogP contribution in [0.2, 0.25) is 0 Å². The summed E-state index contributed by atoms with van der Waals surface area (Å²) < 4.78 is 5.44. The smallest absolute Gasteiger partial charge is 0.323 e. The molecular formula is C13H23N5OS. The third kappa shape index (κ3) is 3.88. The van der Waals surface area contributed by atoms with Crippen LogP contribution in [0.3, 0.4) is 0 Å². The molecule has 0 radical (unpaired) electrons. The Labute approximate surface area is 124 Å². The first kappa shape index (κ1) is 15.2. The fourth-order valence-corrected chi connectivity index (χ4v) is 3.58. The fraction of sp³-hybridized carbons (Fsp3) is 0.769. The molecule has 1 aromatic heterocycles. The van der Waals surface area contributed by atoms with Crippen LogP contribution < -0.4 is 15.0 Å². The van der Waals surface area contributed by atoms with Crippen LogP contribution in [0.15, 0.2) is 0 Å². The van der Waals surface area contributed by atoms with Crippen molar-refractivity contribution in [2.24, 2.45) is 0 Å². The van der Waals surface area contributed by atoms with Gasteiger partial charge in [-0.05, 0) is 13.8 Å². The second-order valence-electron chi connectivity index (χ2n) is 4.87. The minimum absolute atomic E-state index is 0.395. The lowest BCUT2D eigenvalue weighted by Gasteiger charge is -2.34. The molecular weight excluding hydrogens is 274 g/mol. The molecule has 0 aromatic carbocycles. The zero-order valence-corrected chi connectivity index (χ0v) is 13.4. The second kappa shape index (κ2) is 6.97. The summed E-state index contributed by atoms with van der Waals surface area (Å²) in [5, 5.41) is 4.29. The van der Waals surface area contributed by atoms with Gasteiger partial charge < -0.3 is 15.0 Å². The van der Waals surface area contributed by atoms with Gasteiger partial charge in [-0.15, -0.1) is 0 Å². The SMILES string of the molecule is CCNc1nc(OCC)nc(N2CC(C)SC(C)C2)n1. The van der Waals surface area contributed by atoms with Gasteiger partial charge in [0.25, 0.3) is 0 Å². The quantitative estimate of drug-likeness (QED) is 0.892. The average Bonchev–Trinajstić information content (AvgIpc) is 2.38. The van der Waals surface area contributed by atoms with E-state index in [1.165, 1.54) is 0 Å². The van der Waals surface area contributed by atoms with Crippen molar-refractivity contribution in [3.05, 3.63) is 0 Å². The van der Waals surface area contributed by atoms with Gasteiger partial charge >= 0.3 is 6.01 Å². The van der Waals surface area contributed by atoms with Crippen LogP contribution >= 0.6 is 11.8 Å². The van der Waals surface area contributed by atoms with E-state index in [4.69, 9.17) is 4.74 Å². The maximum Gasteiger partial charge on any atom is 0.323 e. The molecule has 0 spiro atoms. The highest BCUT2D eigenvalue weighted by Gasteiger charge is 2.25. The van der Waals surface area contributed by atoms with E-state index in [-0.39, 0.29) is 0 Å². The molecule has 2 atom stereocenters. The maximum absolute atomic E-state index is 5.44. The van der Waals surface area contributed by atoms with Crippen molar-refractivity contribution in [2.45, 2.75) is 38.2 Å². The van der Waals surface area contributed by atoms with Gasteiger partial charge in [0.05, 0.1) is 6.61 Å². The zero-order valence-electron chi connectivity index (χ0n) is 12.6. The molecule has 1 saturated heterocycles. The van der Waals surface area contributed by atoms with E-state index in [9.17, 15) is 0 Å². The minimum atomic E-state index is 0.395. The Morgan fingerprint density at radius 2 is 1.90 bits per heavy atom. The molecule has 1 aliphatic heterocycles. The van der Waals surface area contributed by atoms with E-state index < -0.39 is 0 Å². The van der Waals surface area contributed by atoms with Crippen LogP contribution in [-0.4, -0.2) is 51.7 Å². The van der Waals surface area contributed by atoms with Gasteiger partial charge in [-0.3, -0.25) is 0 Å². The summed E-state index contributed by atoms with van der Waals surface area (Å²) in [5.41, 5.74) is 0. The molecule has 20 heavy (non-hydrogen) atoms. The van der Waals surface area contributed by atoms with E-state index in [2.05, 4.69) is 39.0 Å². The molecule has 0 saturated carbocycles. The molecule has 2 heterocycles. The summed E-state index contributed by atoms with van der Waals surface area (Å²) in [6.07, 6.45) is 0. The number of ether oxygens (including phenoxy) is 1. The van der Waals surface area contributed by atoms with E-state index in [0.717, 1.165) is 19.6 Å². The molecule has 0 amide bonds. The third-order valence-corrected chi connectivity index (χ3v) is 4.14. The van der Waals surface area contributed by atoms with Gasteiger partial charge in [-0.2, -0.15) is 26.7 Å². The van der Waals surface area contributed by atoms with Gasteiger partial charge in [0.15, 0.2) is 0 Å². The number of hydrogen-bond acceptors (Lipinski definition) is 7. The summed E-state index contributed by atoms with van der Waals surface area (Å²) >= 11 is 2.01. The van der Waals surface area contributed by atoms with Gasteiger partial charge in [0.1, 0.15) is 0 Å². The predicted molar refractivity (Wildman–Crippen MR) is 83.9 cm³/mol. The predicted octanol–water partition coefficient (Wildman–Crippen LogP) is 2.03. The Morgan fingerprint density at radius 3 is 2.50 bits per heavy atom. The van der Waals surface area contributed by atoms with Crippen LogP contribution in [0, 0.1) is 0 Å². The van der Waals surface area contributed by atoms with E-state index in [1.54, 1.807) is 0 Å². The number of anilines is 2. The Kier molecular flexibility index (Phi) is 5.28. The molecule has 1 aliphatic rings. The summed E-state index contributed by atoms with van der Waals surface area (Å²) in [5.74, 6) is 1.29. The monoisotopic (exact) mass is 297 g/mol. The fourth-order valence-electron chi connectivity index (χ4n) is 2.26. The lowest BCUT2D eigenvalue weighted by Crippen LogP contribution is -2.41. The summed E-state index contributed by atoms with van der Waals surface area (Å²) in [7, 11) is 0. The number of rotatable bonds is 5. The molecule has 1 aromatic rings. The van der Waals surface area contributed by atoms with Gasteiger partial charge in [0, 0.05) is 30.1 Å². The molecule has 0 aliphatic carbocycles. The van der Waals surface area contributed by atoms with E-state index in [1.807, 2.05) is 25.6 Å². The lowest BCUT2D eigenvalue weighted by molar-refractivity contribution is 0.312. The highest BCUT2D eigenvalue weighted by molar-refractivity contribution is 8.00. The first-order valence-electron chi connectivity index (χ1n) is 7.15. The van der Waals surface area contributed by atoms with Gasteiger partial charge in [-0.1, -0.05) is 13.8 Å². The van der Waals surface area contributed by atoms with Crippen molar-refractivity contribution >= 4 is 23.7 Å². The minimum Gasteiger partial charge on any atom is -0.464 e. The zero-order chi connectivity index (χ0) is 14.5. The van der Waals surface area contributed by atoms with Crippen LogP contribution in [0.1, 0.15) is 27.7 Å². The Hall–Kier alpha value is -1.24. The molecule has 0 bridgehead atoms. The molecule has 1 fully saturated rings. The van der Waals surface area contributed by atoms with Crippen LogP contribution in [0.25, 0.3) is 0 Å². The number of nitrogens with zero attached hydrogens (tertiary/aromatic N) is 4. The van der Waals surface area contributed by atoms with Crippen molar-refractivity contribution in [3.63, 3.8) is 0 Å². The second-order valence-corrected chi connectivity index (χ2v) is 6.75. The third-order valence-electron chi connectivity index (χ3n) is 2.91. The number of nitrogens with one attached hydrogen (secondary N) is 1. The van der Waals surface area contributed by atoms with E-state index >= 15 is 0 Å². The van der Waals surface area contributed by atoms with Crippen molar-refractivity contribution in [1.82, 2.24) is 15.0 Å². The summed E-state index contributed by atoms with van der Waals surface area (Å²) in [6, 6.07) is 0.395. The van der Waals surface area contributed by atoms with Crippen LogP contribution in [0.5, 0.6) is 6.01 Å². The Bertz CT molecular complexity index is 411. The highest BCUT2D eigenvalue weighted by Crippen LogP contribution is 2.27. The van der Waals surface area contributed by atoms with Crippen molar-refractivity contribution in [3.8, 4) is 6.01 Å². The Morgan fingerprint density at radius 1 is 1.20 bits per heavy atom. The molecule has 6 nitrogen and oxygen atoms in total. The van der Waals surface area contributed by atoms with E-state index in [0.29, 0.717) is 35.0 Å². The Balaban J connectivity index is 2.24. The molecule has 1 N–H and O–H groups in total. The number of hydrogen-bond donors (Lipinski definition) is 1.